The third kappa shape index (κ3) is 4.44. The summed E-state index contributed by atoms with van der Waals surface area (Å²) in [6.07, 6.45) is 4.27. The van der Waals surface area contributed by atoms with Crippen LogP contribution in [0.1, 0.15) is 6.42 Å². The molecule has 0 atom stereocenters. The van der Waals surface area contributed by atoms with E-state index in [9.17, 15) is 10.1 Å². The van der Waals surface area contributed by atoms with Gasteiger partial charge in [0.1, 0.15) is 4.90 Å². The molecule has 22 heavy (non-hydrogen) atoms. The van der Waals surface area contributed by atoms with Crippen molar-refractivity contribution in [3.05, 3.63) is 58.8 Å². The predicted molar refractivity (Wildman–Crippen MR) is 89.9 cm³/mol. The van der Waals surface area contributed by atoms with Gasteiger partial charge < -0.3 is 5.73 Å². The Morgan fingerprint density at radius 3 is 3.00 bits per heavy atom. The number of nitrogens with two attached hydrogens (primary N) is 1. The van der Waals surface area contributed by atoms with Crippen LogP contribution < -0.4 is 5.73 Å². The minimum Gasteiger partial charge on any atom is -0.399 e. The number of allylic oxidation sites excluding steroid dienone is 1. The monoisotopic (exact) mass is 318 g/mol. The highest BCUT2D eigenvalue weighted by molar-refractivity contribution is 7.97. The molecule has 1 aromatic carbocycles. The fourth-order valence-electron chi connectivity index (χ4n) is 2.02. The molecule has 1 aliphatic heterocycles. The maximum absolute atomic E-state index is 11.1. The van der Waals surface area contributed by atoms with Crippen molar-refractivity contribution in [3.8, 4) is 0 Å². The number of rotatable bonds is 5. The smallest absolute Gasteiger partial charge is 0.284 e. The number of nitro groups is 1. The summed E-state index contributed by atoms with van der Waals surface area (Å²) in [5, 5.41) is 11.1. The number of para-hydroxylation sites is 1. The largest absolute Gasteiger partial charge is 0.399 e. The van der Waals surface area contributed by atoms with Crippen molar-refractivity contribution in [2.75, 3.05) is 19.6 Å². The van der Waals surface area contributed by atoms with Gasteiger partial charge in [-0.1, -0.05) is 18.7 Å². The van der Waals surface area contributed by atoms with E-state index in [2.05, 4.69) is 15.9 Å². The van der Waals surface area contributed by atoms with E-state index in [4.69, 9.17) is 5.73 Å². The summed E-state index contributed by atoms with van der Waals surface area (Å²) in [4.78, 5) is 15.9. The maximum atomic E-state index is 11.1. The molecule has 0 saturated heterocycles. The molecule has 0 spiro atoms. The standard InChI is InChI=1S/C15H18N4O2S/c1-2-12(16)10-13-11-18(9-5-8-17-13)22-15-7-4-3-6-14(15)19(20)21/h2-4,6-7,10H,1,5,8-9,11,16H2/b12-10-. The lowest BCUT2D eigenvalue weighted by molar-refractivity contribution is -0.387. The third-order valence-electron chi connectivity index (χ3n) is 3.08. The van der Waals surface area contributed by atoms with Crippen LogP contribution >= 0.6 is 11.9 Å². The molecule has 0 saturated carbocycles. The van der Waals surface area contributed by atoms with Crippen LogP contribution in [0.4, 0.5) is 5.69 Å². The van der Waals surface area contributed by atoms with Crippen LogP contribution in [0.25, 0.3) is 0 Å². The summed E-state index contributed by atoms with van der Waals surface area (Å²) in [6.45, 7) is 5.75. The van der Waals surface area contributed by atoms with Crippen LogP contribution in [0.5, 0.6) is 0 Å². The number of nitro benzene ring substituents is 1. The second kappa shape index (κ2) is 7.77. The van der Waals surface area contributed by atoms with Gasteiger partial charge in [0.2, 0.25) is 0 Å². The van der Waals surface area contributed by atoms with E-state index in [-0.39, 0.29) is 10.6 Å². The molecule has 0 bridgehead atoms. The van der Waals surface area contributed by atoms with Crippen molar-refractivity contribution < 1.29 is 4.92 Å². The Hall–Kier alpha value is -2.12. The fraction of sp³-hybridized carbons (Fsp3) is 0.267. The molecule has 0 radical (unpaired) electrons. The van der Waals surface area contributed by atoms with E-state index in [1.807, 2.05) is 0 Å². The van der Waals surface area contributed by atoms with Gasteiger partial charge in [0.15, 0.2) is 0 Å². The first-order valence-electron chi connectivity index (χ1n) is 6.89. The predicted octanol–water partition coefficient (Wildman–Crippen LogP) is 2.78. The van der Waals surface area contributed by atoms with Gasteiger partial charge in [-0.3, -0.25) is 15.1 Å². The summed E-state index contributed by atoms with van der Waals surface area (Å²) in [6, 6.07) is 6.76. The van der Waals surface area contributed by atoms with E-state index < -0.39 is 0 Å². The van der Waals surface area contributed by atoms with Crippen LogP contribution in [-0.2, 0) is 0 Å². The molecule has 1 aromatic rings. The zero-order valence-electron chi connectivity index (χ0n) is 12.1. The molecule has 0 unspecified atom stereocenters. The van der Waals surface area contributed by atoms with Gasteiger partial charge in [0.25, 0.3) is 5.69 Å². The van der Waals surface area contributed by atoms with E-state index in [0.717, 1.165) is 25.2 Å². The normalized spacial score (nSPS) is 16.7. The topological polar surface area (TPSA) is 84.8 Å². The summed E-state index contributed by atoms with van der Waals surface area (Å²) in [7, 11) is 0. The van der Waals surface area contributed by atoms with Gasteiger partial charge in [0.05, 0.1) is 17.2 Å². The van der Waals surface area contributed by atoms with Gasteiger partial charge in [-0.05, 0) is 36.6 Å². The zero-order valence-corrected chi connectivity index (χ0v) is 13.0. The Bertz CT molecular complexity index is 628. The highest BCUT2D eigenvalue weighted by Gasteiger charge is 2.19. The summed E-state index contributed by atoms with van der Waals surface area (Å²) < 4.78 is 2.07. The highest BCUT2D eigenvalue weighted by Crippen LogP contribution is 2.31. The molecular formula is C15H18N4O2S. The molecular weight excluding hydrogens is 300 g/mol. The average Bonchev–Trinajstić information content (AvgIpc) is 2.72. The second-order valence-electron chi connectivity index (χ2n) is 4.75. The van der Waals surface area contributed by atoms with Gasteiger partial charge >= 0.3 is 0 Å². The van der Waals surface area contributed by atoms with Crippen molar-refractivity contribution in [3.63, 3.8) is 0 Å². The number of aliphatic imine (C=N–C) groups is 1. The zero-order chi connectivity index (χ0) is 15.9. The first kappa shape index (κ1) is 16.3. The molecule has 6 nitrogen and oxygen atoms in total. The Morgan fingerprint density at radius 2 is 2.27 bits per heavy atom. The van der Waals surface area contributed by atoms with Crippen LogP contribution in [0.15, 0.2) is 58.6 Å². The van der Waals surface area contributed by atoms with E-state index in [1.165, 1.54) is 18.0 Å². The molecule has 1 aliphatic rings. The summed E-state index contributed by atoms with van der Waals surface area (Å²) in [5.41, 5.74) is 7.31. The number of hydrogen-bond acceptors (Lipinski definition) is 6. The summed E-state index contributed by atoms with van der Waals surface area (Å²) >= 11 is 1.39. The molecule has 0 aromatic heterocycles. The third-order valence-corrected chi connectivity index (χ3v) is 4.19. The molecule has 0 fully saturated rings. The first-order chi connectivity index (χ1) is 10.6. The highest BCUT2D eigenvalue weighted by atomic mass is 32.2. The first-order valence-corrected chi connectivity index (χ1v) is 7.66. The molecule has 116 valence electrons. The van der Waals surface area contributed by atoms with E-state index in [1.54, 1.807) is 30.4 Å². The Balaban J connectivity index is 2.14. The minimum absolute atomic E-state index is 0.122. The number of benzene rings is 1. The van der Waals surface area contributed by atoms with Crippen LogP contribution in [0.2, 0.25) is 0 Å². The number of hydrogen-bond donors (Lipinski definition) is 1. The van der Waals surface area contributed by atoms with Gasteiger partial charge in [-0.15, -0.1) is 0 Å². The van der Waals surface area contributed by atoms with E-state index in [0.29, 0.717) is 17.1 Å². The lowest BCUT2D eigenvalue weighted by Crippen LogP contribution is -2.22. The number of nitrogens with zero attached hydrogens (tertiary/aromatic N) is 3. The second-order valence-corrected chi connectivity index (χ2v) is 5.89. The van der Waals surface area contributed by atoms with Crippen molar-refractivity contribution in [1.82, 2.24) is 4.31 Å². The van der Waals surface area contributed by atoms with Crippen LogP contribution in [0.3, 0.4) is 0 Å². The van der Waals surface area contributed by atoms with Crippen molar-refractivity contribution >= 4 is 23.3 Å². The molecule has 0 amide bonds. The van der Waals surface area contributed by atoms with Gasteiger partial charge in [0, 0.05) is 24.9 Å². The van der Waals surface area contributed by atoms with Crippen molar-refractivity contribution in [1.29, 1.82) is 0 Å². The van der Waals surface area contributed by atoms with Crippen molar-refractivity contribution in [2.45, 2.75) is 11.3 Å². The van der Waals surface area contributed by atoms with Gasteiger partial charge in [-0.25, -0.2) is 4.31 Å². The molecule has 0 aliphatic carbocycles. The van der Waals surface area contributed by atoms with Crippen LogP contribution in [-0.4, -0.2) is 34.6 Å². The molecule has 2 rings (SSSR count). The average molecular weight is 318 g/mol. The molecule has 2 N–H and O–H groups in total. The van der Waals surface area contributed by atoms with Crippen LogP contribution in [0, 0.1) is 10.1 Å². The lowest BCUT2D eigenvalue weighted by atomic mass is 10.3. The Labute approximate surface area is 133 Å². The SMILES string of the molecule is C=C/C(N)=C/C1=NCCCN(Sc2ccccc2[N+](=O)[O-])C1. The lowest BCUT2D eigenvalue weighted by Gasteiger charge is -2.18. The maximum Gasteiger partial charge on any atom is 0.284 e. The summed E-state index contributed by atoms with van der Waals surface area (Å²) in [5.74, 6) is 0. The van der Waals surface area contributed by atoms with E-state index >= 15 is 0 Å². The fourth-order valence-corrected chi connectivity index (χ4v) is 3.10. The molecule has 7 heteroatoms. The molecule has 1 heterocycles. The Morgan fingerprint density at radius 1 is 1.50 bits per heavy atom. The quantitative estimate of drug-likeness (QED) is 0.390. The minimum atomic E-state index is -0.356. The van der Waals surface area contributed by atoms with Gasteiger partial charge in [-0.2, -0.15) is 0 Å². The van der Waals surface area contributed by atoms with Crippen molar-refractivity contribution in [2.24, 2.45) is 10.7 Å². The Kier molecular flexibility index (Phi) is 5.74.